The highest BCUT2D eigenvalue weighted by Crippen LogP contribution is 2.36. The zero-order valence-electron chi connectivity index (χ0n) is 23.9. The summed E-state index contributed by atoms with van der Waals surface area (Å²) < 4.78 is 53.2. The third-order valence-corrected chi connectivity index (χ3v) is 7.61. The molecule has 4 aromatic rings. The Bertz CT molecular complexity index is 1700. The van der Waals surface area contributed by atoms with Crippen LogP contribution in [-0.2, 0) is 4.79 Å². The largest absolute Gasteiger partial charge is 0.495 e. The first-order chi connectivity index (χ1) is 21.2. The highest BCUT2D eigenvalue weighted by Gasteiger charge is 2.44. The molecule has 2 fully saturated rings. The van der Waals surface area contributed by atoms with Crippen LogP contribution in [0.25, 0.3) is 10.9 Å². The van der Waals surface area contributed by atoms with Crippen molar-refractivity contribution in [3.63, 3.8) is 0 Å². The summed E-state index contributed by atoms with van der Waals surface area (Å²) in [5, 5.41) is 7.22. The van der Waals surface area contributed by atoms with Crippen LogP contribution in [0, 0.1) is 5.82 Å². The highest BCUT2D eigenvalue weighted by atomic mass is 19.3. The van der Waals surface area contributed by atoms with Crippen LogP contribution in [-0.4, -0.2) is 71.0 Å². The maximum atomic E-state index is 15.3. The van der Waals surface area contributed by atoms with E-state index in [0.29, 0.717) is 47.1 Å². The molecule has 228 valence electrons. The Kier molecular flexibility index (Phi) is 7.85. The number of amides is 1. The molecule has 0 unspecified atom stereocenters. The molecule has 4 heterocycles. The first-order valence-corrected chi connectivity index (χ1v) is 14.1. The smallest absolute Gasteiger partial charge is 0.282 e. The second kappa shape index (κ2) is 11.9. The van der Waals surface area contributed by atoms with Crippen molar-refractivity contribution in [3.8, 4) is 17.2 Å². The van der Waals surface area contributed by atoms with E-state index in [0.717, 1.165) is 18.5 Å². The van der Waals surface area contributed by atoms with E-state index >= 15 is 4.39 Å². The van der Waals surface area contributed by atoms with Gasteiger partial charge in [0.15, 0.2) is 0 Å². The summed E-state index contributed by atoms with van der Waals surface area (Å²) in [7, 11) is 1.58. The summed E-state index contributed by atoms with van der Waals surface area (Å²) in [6, 6.07) is 11.2. The van der Waals surface area contributed by atoms with E-state index in [-0.39, 0.29) is 23.4 Å². The number of hydrogen-bond donors (Lipinski definition) is 2. The van der Waals surface area contributed by atoms with E-state index in [4.69, 9.17) is 9.47 Å². The van der Waals surface area contributed by atoms with Crippen LogP contribution in [0.15, 0.2) is 67.6 Å². The Labute approximate surface area is 251 Å². The summed E-state index contributed by atoms with van der Waals surface area (Å²) in [5.41, 5.74) is 1.50. The lowest BCUT2D eigenvalue weighted by Gasteiger charge is -2.39. The molecular weight excluding hydrogens is 575 g/mol. The Morgan fingerprint density at radius 3 is 2.52 bits per heavy atom. The van der Waals surface area contributed by atoms with Crippen molar-refractivity contribution in [2.75, 3.05) is 48.8 Å². The molecule has 0 bridgehead atoms. The number of halogens is 3. The Hall–Kier alpha value is -5.07. The average molecular weight is 606 g/mol. The molecule has 2 aromatic heterocycles. The SMILES string of the molecule is C=CC(=O)N1CCC(Nc2cc3c(Nc4ccc(Oc5ccnc(N6CC(F)(F)C6)c5)cc4F)ncnc3cc2OC)CC1. The number of carbonyl (C=O) groups excluding carboxylic acids is 1. The van der Waals surface area contributed by atoms with Crippen molar-refractivity contribution >= 4 is 39.8 Å². The van der Waals surface area contributed by atoms with Gasteiger partial charge in [-0.3, -0.25) is 4.79 Å². The number of anilines is 4. The second-order valence-corrected chi connectivity index (χ2v) is 10.7. The van der Waals surface area contributed by atoms with Gasteiger partial charge in [0, 0.05) is 48.9 Å². The molecule has 2 aliphatic rings. The molecule has 13 heteroatoms. The van der Waals surface area contributed by atoms with Crippen molar-refractivity contribution in [2.24, 2.45) is 0 Å². The first kappa shape index (κ1) is 29.0. The van der Waals surface area contributed by atoms with Crippen LogP contribution in [0.4, 0.5) is 36.2 Å². The number of carbonyl (C=O) groups is 1. The van der Waals surface area contributed by atoms with Gasteiger partial charge in [0.1, 0.15) is 41.0 Å². The third kappa shape index (κ3) is 6.17. The topological polar surface area (TPSA) is 105 Å². The summed E-state index contributed by atoms with van der Waals surface area (Å²) >= 11 is 0. The van der Waals surface area contributed by atoms with Crippen LogP contribution in [0.1, 0.15) is 12.8 Å². The predicted molar refractivity (Wildman–Crippen MR) is 161 cm³/mol. The standard InChI is InChI=1S/C31H30F3N7O3/c1-3-29(42)40-10-7-19(8-11-40)38-26-14-22-25(15-27(26)43-2)36-18-37-30(22)39-24-5-4-20(12-23(24)32)44-21-6-9-35-28(13-21)41-16-31(33,34)17-41/h3-6,9,12-15,18-19,38H,1,7-8,10-11,16-17H2,2H3,(H,36,37,39). The molecule has 44 heavy (non-hydrogen) atoms. The molecule has 0 atom stereocenters. The minimum absolute atomic E-state index is 0.0743. The fraction of sp³-hybridized carbons (Fsp3) is 0.290. The van der Waals surface area contributed by atoms with E-state index in [2.05, 4.69) is 32.2 Å². The molecule has 10 nitrogen and oxygen atoms in total. The number of aromatic nitrogens is 3. The number of piperidine rings is 1. The quantitative estimate of drug-likeness (QED) is 0.231. The number of nitrogens with zero attached hydrogens (tertiary/aromatic N) is 5. The highest BCUT2D eigenvalue weighted by molar-refractivity contribution is 5.95. The number of likely N-dealkylation sites (tertiary alicyclic amines) is 1. The molecule has 1 amide bonds. The Balaban J connectivity index is 1.18. The maximum absolute atomic E-state index is 15.3. The van der Waals surface area contributed by atoms with Crippen molar-refractivity contribution in [1.29, 1.82) is 0 Å². The van der Waals surface area contributed by atoms with Gasteiger partial charge in [-0.15, -0.1) is 0 Å². The second-order valence-electron chi connectivity index (χ2n) is 10.7. The van der Waals surface area contributed by atoms with Crippen LogP contribution in [0.3, 0.4) is 0 Å². The molecule has 0 aliphatic carbocycles. The molecule has 6 rings (SSSR count). The van der Waals surface area contributed by atoms with Gasteiger partial charge in [-0.2, -0.15) is 0 Å². The van der Waals surface area contributed by atoms with E-state index < -0.39 is 24.8 Å². The third-order valence-electron chi connectivity index (χ3n) is 7.61. The average Bonchev–Trinajstić information content (AvgIpc) is 3.01. The summed E-state index contributed by atoms with van der Waals surface area (Å²) in [5.74, 6) is -1.46. The predicted octanol–water partition coefficient (Wildman–Crippen LogP) is 5.75. The van der Waals surface area contributed by atoms with Crippen molar-refractivity contribution in [2.45, 2.75) is 24.8 Å². The van der Waals surface area contributed by atoms with E-state index in [9.17, 15) is 13.6 Å². The van der Waals surface area contributed by atoms with Gasteiger partial charge in [0.2, 0.25) is 5.91 Å². The summed E-state index contributed by atoms with van der Waals surface area (Å²) in [6.07, 6.45) is 5.68. The molecule has 0 saturated carbocycles. The van der Waals surface area contributed by atoms with Crippen LogP contribution in [0.2, 0.25) is 0 Å². The summed E-state index contributed by atoms with van der Waals surface area (Å²) in [4.78, 5) is 28.0. The number of methoxy groups -OCH3 is 1. The van der Waals surface area contributed by atoms with Gasteiger partial charge < -0.3 is 29.9 Å². The first-order valence-electron chi connectivity index (χ1n) is 14.1. The molecular formula is C31H30F3N7O3. The normalized spacial score (nSPS) is 16.3. The molecule has 2 aromatic carbocycles. The van der Waals surface area contributed by atoms with Gasteiger partial charge in [0.25, 0.3) is 5.92 Å². The van der Waals surface area contributed by atoms with Gasteiger partial charge in [-0.25, -0.2) is 28.1 Å². The van der Waals surface area contributed by atoms with Crippen LogP contribution in [0.5, 0.6) is 17.2 Å². The number of hydrogen-bond acceptors (Lipinski definition) is 9. The van der Waals surface area contributed by atoms with Crippen LogP contribution >= 0.6 is 0 Å². The summed E-state index contributed by atoms with van der Waals surface area (Å²) in [6.45, 7) is 3.99. The monoisotopic (exact) mass is 605 g/mol. The zero-order valence-corrected chi connectivity index (χ0v) is 23.9. The number of ether oxygens (including phenoxy) is 2. The zero-order chi connectivity index (χ0) is 30.8. The molecule has 0 spiro atoms. The van der Waals surface area contributed by atoms with Gasteiger partial charge in [0.05, 0.1) is 37.1 Å². The molecule has 2 saturated heterocycles. The lowest BCUT2D eigenvalue weighted by atomic mass is 10.0. The minimum Gasteiger partial charge on any atom is -0.495 e. The Morgan fingerprint density at radius 2 is 1.82 bits per heavy atom. The number of nitrogens with one attached hydrogen (secondary N) is 2. The fourth-order valence-electron chi connectivity index (χ4n) is 5.29. The lowest BCUT2D eigenvalue weighted by molar-refractivity contribution is -0.126. The molecule has 2 N–H and O–H groups in total. The molecule has 2 aliphatic heterocycles. The van der Waals surface area contributed by atoms with Gasteiger partial charge in [-0.1, -0.05) is 6.58 Å². The van der Waals surface area contributed by atoms with Gasteiger partial charge in [-0.05, 0) is 43.2 Å². The van der Waals surface area contributed by atoms with E-state index in [1.54, 1.807) is 30.2 Å². The lowest BCUT2D eigenvalue weighted by Crippen LogP contribution is -2.56. The van der Waals surface area contributed by atoms with Crippen molar-refractivity contribution in [3.05, 3.63) is 73.5 Å². The minimum atomic E-state index is -2.73. The number of rotatable bonds is 9. The van der Waals surface area contributed by atoms with E-state index in [1.807, 2.05) is 6.07 Å². The molecule has 0 radical (unpaired) electrons. The van der Waals surface area contributed by atoms with Crippen LogP contribution < -0.4 is 25.0 Å². The van der Waals surface area contributed by atoms with Crippen molar-refractivity contribution < 1.29 is 27.4 Å². The number of pyridine rings is 1. The number of alkyl halides is 2. The maximum Gasteiger partial charge on any atom is 0.282 e. The van der Waals surface area contributed by atoms with E-state index in [1.165, 1.54) is 41.7 Å². The number of benzene rings is 2. The fourth-order valence-corrected chi connectivity index (χ4v) is 5.29. The Morgan fingerprint density at radius 1 is 1.05 bits per heavy atom. The van der Waals surface area contributed by atoms with Gasteiger partial charge >= 0.3 is 0 Å². The van der Waals surface area contributed by atoms with Crippen molar-refractivity contribution in [1.82, 2.24) is 19.9 Å². The number of fused-ring (bicyclic) bond motifs is 1.